The Bertz CT molecular complexity index is 290. The van der Waals surface area contributed by atoms with E-state index in [-0.39, 0.29) is 24.9 Å². The van der Waals surface area contributed by atoms with Crippen molar-refractivity contribution in [2.75, 3.05) is 19.6 Å². The van der Waals surface area contributed by atoms with Gasteiger partial charge in [0.05, 0.1) is 0 Å². The lowest BCUT2D eigenvalue weighted by Gasteiger charge is -2.23. The number of hydrogen-bond donors (Lipinski definition) is 2. The van der Waals surface area contributed by atoms with Crippen LogP contribution >= 0.6 is 0 Å². The van der Waals surface area contributed by atoms with Crippen molar-refractivity contribution in [3.63, 3.8) is 0 Å². The molecule has 0 fully saturated rings. The van der Waals surface area contributed by atoms with Gasteiger partial charge in [-0.15, -0.1) is 6.58 Å². The third-order valence-electron chi connectivity index (χ3n) is 2.63. The van der Waals surface area contributed by atoms with Gasteiger partial charge >= 0.3 is 5.97 Å². The Morgan fingerprint density at radius 1 is 1.44 bits per heavy atom. The molecule has 0 saturated heterocycles. The number of carboxylic acid groups (broad SMARTS) is 1. The fraction of sp³-hybridized carbons (Fsp3) is 0.692. The average Bonchev–Trinajstić information content (AvgIpc) is 2.26. The van der Waals surface area contributed by atoms with Crippen LogP contribution in [0.25, 0.3) is 0 Å². The summed E-state index contributed by atoms with van der Waals surface area (Å²) in [4.78, 5) is 23.9. The van der Waals surface area contributed by atoms with Crippen molar-refractivity contribution in [3.8, 4) is 0 Å². The van der Waals surface area contributed by atoms with Crippen molar-refractivity contribution < 1.29 is 14.7 Å². The lowest BCUT2D eigenvalue weighted by atomic mass is 9.94. The van der Waals surface area contributed by atoms with Crippen LogP contribution in [0.1, 0.15) is 26.7 Å². The second-order valence-electron chi connectivity index (χ2n) is 4.89. The molecule has 0 spiro atoms. The van der Waals surface area contributed by atoms with E-state index in [4.69, 9.17) is 10.8 Å². The molecule has 0 aromatic heterocycles. The Morgan fingerprint density at radius 3 is 2.44 bits per heavy atom. The molecule has 0 bridgehead atoms. The smallest absolute Gasteiger partial charge is 0.323 e. The number of aliphatic carboxylic acids is 1. The van der Waals surface area contributed by atoms with E-state index in [0.29, 0.717) is 18.9 Å². The molecule has 0 aromatic carbocycles. The first-order valence-electron chi connectivity index (χ1n) is 6.21. The molecule has 0 aliphatic rings. The maximum atomic E-state index is 12.0. The van der Waals surface area contributed by atoms with E-state index in [1.807, 2.05) is 0 Å². The lowest BCUT2D eigenvalue weighted by Crippen LogP contribution is -2.37. The molecule has 0 aliphatic heterocycles. The molecule has 104 valence electrons. The number of hydrogen-bond acceptors (Lipinski definition) is 3. The van der Waals surface area contributed by atoms with Crippen LogP contribution in [0, 0.1) is 11.8 Å². The molecule has 0 aliphatic carbocycles. The van der Waals surface area contributed by atoms with E-state index in [1.54, 1.807) is 0 Å². The maximum absolute atomic E-state index is 12.0. The summed E-state index contributed by atoms with van der Waals surface area (Å²) in [6.45, 7) is 8.09. The maximum Gasteiger partial charge on any atom is 0.323 e. The van der Waals surface area contributed by atoms with Crippen LogP contribution in [-0.4, -0.2) is 41.5 Å². The molecule has 0 saturated carbocycles. The summed E-state index contributed by atoms with van der Waals surface area (Å²) in [6, 6.07) is 0. The van der Waals surface area contributed by atoms with Gasteiger partial charge in [-0.1, -0.05) is 19.9 Å². The first-order valence-corrected chi connectivity index (χ1v) is 6.21. The van der Waals surface area contributed by atoms with Gasteiger partial charge in [0.15, 0.2) is 0 Å². The fourth-order valence-electron chi connectivity index (χ4n) is 1.88. The molecule has 18 heavy (non-hydrogen) atoms. The zero-order chi connectivity index (χ0) is 14.1. The Kier molecular flexibility index (Phi) is 8.03. The van der Waals surface area contributed by atoms with E-state index in [0.717, 1.165) is 6.42 Å². The highest BCUT2D eigenvalue weighted by molar-refractivity contribution is 5.81. The topological polar surface area (TPSA) is 83.6 Å². The SMILES string of the molecule is C=CCN(CC(=O)O)C(=O)C[C@@H](CN)CC(C)C. The van der Waals surface area contributed by atoms with Crippen molar-refractivity contribution in [2.24, 2.45) is 17.6 Å². The molecule has 5 nitrogen and oxygen atoms in total. The molecule has 1 atom stereocenters. The number of carbonyl (C=O) groups excluding carboxylic acids is 1. The Morgan fingerprint density at radius 2 is 2.06 bits per heavy atom. The molecular formula is C13H24N2O3. The van der Waals surface area contributed by atoms with Gasteiger partial charge in [0.25, 0.3) is 0 Å². The number of nitrogens with two attached hydrogens (primary N) is 1. The van der Waals surface area contributed by atoms with Gasteiger partial charge < -0.3 is 15.7 Å². The number of carbonyl (C=O) groups is 2. The van der Waals surface area contributed by atoms with Crippen LogP contribution in [0.5, 0.6) is 0 Å². The summed E-state index contributed by atoms with van der Waals surface area (Å²) in [5.74, 6) is -0.607. The van der Waals surface area contributed by atoms with Gasteiger partial charge in [0, 0.05) is 13.0 Å². The van der Waals surface area contributed by atoms with Crippen LogP contribution in [-0.2, 0) is 9.59 Å². The third-order valence-corrected chi connectivity index (χ3v) is 2.63. The lowest BCUT2D eigenvalue weighted by molar-refractivity contribution is -0.144. The zero-order valence-corrected chi connectivity index (χ0v) is 11.3. The molecule has 0 radical (unpaired) electrons. The first-order chi connectivity index (χ1) is 8.40. The van der Waals surface area contributed by atoms with Crippen molar-refractivity contribution in [2.45, 2.75) is 26.7 Å². The van der Waals surface area contributed by atoms with Crippen LogP contribution in [0.3, 0.4) is 0 Å². The van der Waals surface area contributed by atoms with E-state index in [9.17, 15) is 9.59 Å². The van der Waals surface area contributed by atoms with Gasteiger partial charge in [-0.25, -0.2) is 0 Å². The number of nitrogens with zero attached hydrogens (tertiary/aromatic N) is 1. The monoisotopic (exact) mass is 256 g/mol. The molecule has 5 heteroatoms. The summed E-state index contributed by atoms with van der Waals surface area (Å²) >= 11 is 0. The summed E-state index contributed by atoms with van der Waals surface area (Å²) in [5, 5.41) is 8.74. The summed E-state index contributed by atoms with van der Waals surface area (Å²) in [7, 11) is 0. The average molecular weight is 256 g/mol. The van der Waals surface area contributed by atoms with Gasteiger partial charge in [-0.3, -0.25) is 9.59 Å². The molecule has 0 unspecified atom stereocenters. The summed E-state index contributed by atoms with van der Waals surface area (Å²) in [5.41, 5.74) is 5.64. The second-order valence-corrected chi connectivity index (χ2v) is 4.89. The highest BCUT2D eigenvalue weighted by Crippen LogP contribution is 2.15. The van der Waals surface area contributed by atoms with E-state index in [2.05, 4.69) is 20.4 Å². The van der Waals surface area contributed by atoms with Crippen LogP contribution in [0.2, 0.25) is 0 Å². The third kappa shape index (κ3) is 7.06. The number of rotatable bonds is 9. The standard InChI is InChI=1S/C13H24N2O3/c1-4-5-15(9-13(17)18)12(16)7-11(8-14)6-10(2)3/h4,10-11H,1,5-9,14H2,2-3H3,(H,17,18)/t11-/m0/s1. The highest BCUT2D eigenvalue weighted by atomic mass is 16.4. The van der Waals surface area contributed by atoms with Gasteiger partial charge in [-0.05, 0) is 24.8 Å². The molecule has 3 N–H and O–H groups in total. The van der Waals surface area contributed by atoms with Crippen molar-refractivity contribution in [1.82, 2.24) is 4.90 Å². The molecule has 1 amide bonds. The minimum Gasteiger partial charge on any atom is -0.480 e. The molecule has 0 heterocycles. The van der Waals surface area contributed by atoms with Crippen molar-refractivity contribution in [3.05, 3.63) is 12.7 Å². The van der Waals surface area contributed by atoms with Gasteiger partial charge in [0.1, 0.15) is 6.54 Å². The molecule has 0 aromatic rings. The summed E-state index contributed by atoms with van der Waals surface area (Å²) < 4.78 is 0. The predicted molar refractivity (Wildman–Crippen MR) is 71.0 cm³/mol. The minimum atomic E-state index is -1.02. The number of amides is 1. The first kappa shape index (κ1) is 16.6. The largest absolute Gasteiger partial charge is 0.480 e. The fourth-order valence-corrected chi connectivity index (χ4v) is 1.88. The Hall–Kier alpha value is -1.36. The Labute approximate surface area is 109 Å². The molecular weight excluding hydrogens is 232 g/mol. The van der Waals surface area contributed by atoms with Crippen molar-refractivity contribution >= 4 is 11.9 Å². The van der Waals surface area contributed by atoms with Crippen LogP contribution in [0.4, 0.5) is 0 Å². The minimum absolute atomic E-state index is 0.110. The van der Waals surface area contributed by atoms with Gasteiger partial charge in [-0.2, -0.15) is 0 Å². The second kappa shape index (κ2) is 8.69. The van der Waals surface area contributed by atoms with E-state index < -0.39 is 5.97 Å². The summed E-state index contributed by atoms with van der Waals surface area (Å²) in [6.07, 6.45) is 2.70. The quantitative estimate of drug-likeness (QED) is 0.605. The van der Waals surface area contributed by atoms with Crippen LogP contribution < -0.4 is 5.73 Å². The van der Waals surface area contributed by atoms with Crippen LogP contribution in [0.15, 0.2) is 12.7 Å². The zero-order valence-electron chi connectivity index (χ0n) is 11.3. The predicted octanol–water partition coefficient (Wildman–Crippen LogP) is 1.10. The van der Waals surface area contributed by atoms with Gasteiger partial charge in [0.2, 0.25) is 5.91 Å². The van der Waals surface area contributed by atoms with E-state index >= 15 is 0 Å². The van der Waals surface area contributed by atoms with E-state index in [1.165, 1.54) is 11.0 Å². The number of carboxylic acids is 1. The van der Waals surface area contributed by atoms with Crippen molar-refractivity contribution in [1.29, 1.82) is 0 Å². The molecule has 0 rings (SSSR count). The normalized spacial score (nSPS) is 12.2. The highest BCUT2D eigenvalue weighted by Gasteiger charge is 2.20. The Balaban J connectivity index is 4.46.